The normalized spacial score (nSPS) is 40.5. The molecule has 70 valence electrons. The Morgan fingerprint density at radius 1 is 1.33 bits per heavy atom. The van der Waals surface area contributed by atoms with E-state index in [-0.39, 0.29) is 5.60 Å². The lowest BCUT2D eigenvalue weighted by atomic mass is 9.71. The van der Waals surface area contributed by atoms with Crippen molar-refractivity contribution in [2.45, 2.75) is 38.2 Å². The van der Waals surface area contributed by atoms with Crippen molar-refractivity contribution in [3.63, 3.8) is 0 Å². The maximum Gasteiger partial charge on any atom is 0.0923 e. The SMILES string of the molecule is CC1CCCC(C2(O)CNC2)C1. The summed E-state index contributed by atoms with van der Waals surface area (Å²) in [5.74, 6) is 1.40. The summed E-state index contributed by atoms with van der Waals surface area (Å²) in [5, 5.41) is 13.3. The summed E-state index contributed by atoms with van der Waals surface area (Å²) in [7, 11) is 0. The number of hydrogen-bond acceptors (Lipinski definition) is 2. The molecule has 2 N–H and O–H groups in total. The summed E-state index contributed by atoms with van der Waals surface area (Å²) < 4.78 is 0. The van der Waals surface area contributed by atoms with E-state index in [0.29, 0.717) is 5.92 Å². The molecule has 1 saturated heterocycles. The van der Waals surface area contributed by atoms with Gasteiger partial charge in [-0.1, -0.05) is 19.8 Å². The largest absolute Gasteiger partial charge is 0.387 e. The van der Waals surface area contributed by atoms with Gasteiger partial charge in [-0.2, -0.15) is 0 Å². The summed E-state index contributed by atoms with van der Waals surface area (Å²) in [6.07, 6.45) is 5.15. The summed E-state index contributed by atoms with van der Waals surface area (Å²) in [4.78, 5) is 0. The zero-order valence-electron chi connectivity index (χ0n) is 7.84. The molecule has 12 heavy (non-hydrogen) atoms. The average Bonchev–Trinajstić information content (AvgIpc) is 2.00. The van der Waals surface area contributed by atoms with Gasteiger partial charge < -0.3 is 10.4 Å². The lowest BCUT2D eigenvalue weighted by Gasteiger charge is -2.46. The third kappa shape index (κ3) is 1.38. The summed E-state index contributed by atoms with van der Waals surface area (Å²) in [6.45, 7) is 3.95. The summed E-state index contributed by atoms with van der Waals surface area (Å²) in [6, 6.07) is 0. The van der Waals surface area contributed by atoms with Crippen molar-refractivity contribution in [2.75, 3.05) is 13.1 Å². The zero-order chi connectivity index (χ0) is 8.60. The molecule has 1 heterocycles. The van der Waals surface area contributed by atoms with Gasteiger partial charge in [0.15, 0.2) is 0 Å². The van der Waals surface area contributed by atoms with E-state index in [2.05, 4.69) is 12.2 Å². The smallest absolute Gasteiger partial charge is 0.0923 e. The zero-order valence-corrected chi connectivity index (χ0v) is 7.84. The first-order valence-electron chi connectivity index (χ1n) is 5.14. The van der Waals surface area contributed by atoms with Gasteiger partial charge in [-0.3, -0.25) is 0 Å². The Hall–Kier alpha value is -0.0800. The van der Waals surface area contributed by atoms with Crippen LogP contribution < -0.4 is 5.32 Å². The molecule has 1 aliphatic heterocycles. The van der Waals surface area contributed by atoms with Gasteiger partial charge in [-0.15, -0.1) is 0 Å². The van der Waals surface area contributed by atoms with Crippen molar-refractivity contribution in [3.05, 3.63) is 0 Å². The molecule has 0 aromatic rings. The van der Waals surface area contributed by atoms with Gasteiger partial charge in [0.25, 0.3) is 0 Å². The summed E-state index contributed by atoms with van der Waals surface area (Å²) >= 11 is 0. The number of nitrogens with one attached hydrogen (secondary N) is 1. The third-order valence-electron chi connectivity index (χ3n) is 3.56. The van der Waals surface area contributed by atoms with Crippen LogP contribution in [0.25, 0.3) is 0 Å². The number of aliphatic hydroxyl groups is 1. The summed E-state index contributed by atoms with van der Waals surface area (Å²) in [5.41, 5.74) is -0.339. The molecule has 2 fully saturated rings. The van der Waals surface area contributed by atoms with E-state index in [9.17, 15) is 5.11 Å². The molecule has 0 amide bonds. The molecule has 0 spiro atoms. The fourth-order valence-electron chi connectivity index (χ4n) is 2.59. The van der Waals surface area contributed by atoms with Crippen LogP contribution in [0.15, 0.2) is 0 Å². The molecular formula is C10H19NO. The predicted molar refractivity (Wildman–Crippen MR) is 48.9 cm³/mol. The van der Waals surface area contributed by atoms with Gasteiger partial charge in [-0.05, 0) is 24.7 Å². The molecule has 0 aromatic carbocycles. The second-order valence-corrected chi connectivity index (χ2v) is 4.68. The molecule has 0 bridgehead atoms. The van der Waals surface area contributed by atoms with Crippen LogP contribution in [0.3, 0.4) is 0 Å². The Morgan fingerprint density at radius 2 is 2.08 bits per heavy atom. The van der Waals surface area contributed by atoms with Crippen molar-refractivity contribution >= 4 is 0 Å². The maximum atomic E-state index is 10.1. The second-order valence-electron chi connectivity index (χ2n) is 4.68. The standard InChI is InChI=1S/C10H19NO/c1-8-3-2-4-9(5-8)10(12)6-11-7-10/h8-9,11-12H,2-7H2,1H3. The minimum Gasteiger partial charge on any atom is -0.387 e. The van der Waals surface area contributed by atoms with E-state index in [0.717, 1.165) is 19.0 Å². The fourth-order valence-corrected chi connectivity index (χ4v) is 2.59. The van der Waals surface area contributed by atoms with E-state index in [4.69, 9.17) is 0 Å². The van der Waals surface area contributed by atoms with Crippen LogP contribution in [-0.2, 0) is 0 Å². The van der Waals surface area contributed by atoms with Gasteiger partial charge in [0.2, 0.25) is 0 Å². The highest BCUT2D eigenvalue weighted by Crippen LogP contribution is 2.37. The van der Waals surface area contributed by atoms with Gasteiger partial charge in [-0.25, -0.2) is 0 Å². The van der Waals surface area contributed by atoms with Crippen LogP contribution in [0.5, 0.6) is 0 Å². The predicted octanol–water partition coefficient (Wildman–Crippen LogP) is 1.15. The molecular weight excluding hydrogens is 150 g/mol. The van der Waals surface area contributed by atoms with Crippen LogP contribution in [0.1, 0.15) is 32.6 Å². The van der Waals surface area contributed by atoms with E-state index >= 15 is 0 Å². The van der Waals surface area contributed by atoms with E-state index in [1.54, 1.807) is 0 Å². The van der Waals surface area contributed by atoms with Gasteiger partial charge in [0.1, 0.15) is 0 Å². The highest BCUT2D eigenvalue weighted by atomic mass is 16.3. The molecule has 2 heteroatoms. The minimum atomic E-state index is -0.339. The fraction of sp³-hybridized carbons (Fsp3) is 1.00. The van der Waals surface area contributed by atoms with Crippen molar-refractivity contribution in [3.8, 4) is 0 Å². The Kier molecular flexibility index (Phi) is 2.13. The molecule has 0 radical (unpaired) electrons. The number of rotatable bonds is 1. The third-order valence-corrected chi connectivity index (χ3v) is 3.56. The van der Waals surface area contributed by atoms with Gasteiger partial charge in [0, 0.05) is 13.1 Å². The van der Waals surface area contributed by atoms with Crippen molar-refractivity contribution in [1.82, 2.24) is 5.32 Å². The molecule has 2 unspecified atom stereocenters. The average molecular weight is 169 g/mol. The van der Waals surface area contributed by atoms with Crippen molar-refractivity contribution < 1.29 is 5.11 Å². The first-order valence-corrected chi connectivity index (χ1v) is 5.14. The van der Waals surface area contributed by atoms with E-state index in [1.165, 1.54) is 25.7 Å². The van der Waals surface area contributed by atoms with Crippen LogP contribution in [-0.4, -0.2) is 23.8 Å². The number of hydrogen-bond donors (Lipinski definition) is 2. The Labute approximate surface area is 74.4 Å². The quantitative estimate of drug-likeness (QED) is 0.617. The van der Waals surface area contributed by atoms with Crippen molar-refractivity contribution in [2.24, 2.45) is 11.8 Å². The second kappa shape index (κ2) is 3.00. The Balaban J connectivity index is 1.94. The van der Waals surface area contributed by atoms with Gasteiger partial charge in [0.05, 0.1) is 5.60 Å². The molecule has 2 aliphatic rings. The highest BCUT2D eigenvalue weighted by molar-refractivity contribution is 4.99. The monoisotopic (exact) mass is 169 g/mol. The molecule has 1 saturated carbocycles. The molecule has 0 aromatic heterocycles. The molecule has 2 atom stereocenters. The first-order chi connectivity index (χ1) is 5.71. The van der Waals surface area contributed by atoms with Crippen molar-refractivity contribution in [1.29, 1.82) is 0 Å². The molecule has 2 nitrogen and oxygen atoms in total. The Morgan fingerprint density at radius 3 is 2.58 bits per heavy atom. The van der Waals surface area contributed by atoms with Crippen LogP contribution in [0, 0.1) is 11.8 Å². The lowest BCUT2D eigenvalue weighted by Crippen LogP contribution is -2.64. The van der Waals surface area contributed by atoms with Crippen LogP contribution in [0.2, 0.25) is 0 Å². The number of β-amino-alcohol motifs (C(OH)–C–C–N with tert-alkyl or cyclic N) is 1. The highest BCUT2D eigenvalue weighted by Gasteiger charge is 2.43. The minimum absolute atomic E-state index is 0.339. The maximum absolute atomic E-state index is 10.1. The van der Waals surface area contributed by atoms with E-state index < -0.39 is 0 Å². The molecule has 2 rings (SSSR count). The topological polar surface area (TPSA) is 32.3 Å². The van der Waals surface area contributed by atoms with Crippen LogP contribution in [0.4, 0.5) is 0 Å². The Bertz CT molecular complexity index is 165. The molecule has 1 aliphatic carbocycles. The first kappa shape index (κ1) is 8.52. The van der Waals surface area contributed by atoms with E-state index in [1.807, 2.05) is 0 Å². The van der Waals surface area contributed by atoms with Crippen LogP contribution >= 0.6 is 0 Å². The lowest BCUT2D eigenvalue weighted by molar-refractivity contribution is -0.0783. The van der Waals surface area contributed by atoms with Gasteiger partial charge >= 0.3 is 0 Å².